The minimum atomic E-state index is -0.251. The molecular formula is C19H28N4O2. The summed E-state index contributed by atoms with van der Waals surface area (Å²) >= 11 is 0. The van der Waals surface area contributed by atoms with Crippen molar-refractivity contribution in [2.45, 2.75) is 24.9 Å². The van der Waals surface area contributed by atoms with E-state index in [2.05, 4.69) is 15.1 Å². The molecule has 1 N–H and O–H groups in total. The molecule has 1 aliphatic heterocycles. The lowest BCUT2D eigenvalue weighted by atomic mass is 10.0. The molecule has 25 heavy (non-hydrogen) atoms. The minimum absolute atomic E-state index is 0.103. The number of carbonyl (C=O) groups excluding carboxylic acids is 2. The summed E-state index contributed by atoms with van der Waals surface area (Å²) in [5.74, 6) is 0.228. The van der Waals surface area contributed by atoms with Gasteiger partial charge in [0, 0.05) is 46.3 Å². The molecule has 1 aromatic rings. The van der Waals surface area contributed by atoms with Crippen LogP contribution in [0.1, 0.15) is 24.4 Å². The highest BCUT2D eigenvalue weighted by Crippen LogP contribution is 2.24. The van der Waals surface area contributed by atoms with Crippen molar-refractivity contribution in [2.75, 3.05) is 46.8 Å². The molecule has 136 valence electrons. The number of hydrogen-bond donors (Lipinski definition) is 1. The van der Waals surface area contributed by atoms with Crippen molar-refractivity contribution in [1.29, 1.82) is 0 Å². The number of likely N-dealkylation sites (N-methyl/N-ethyl adjacent to an activating group) is 1. The Labute approximate surface area is 149 Å². The first-order valence-corrected chi connectivity index (χ1v) is 9.06. The number of amides is 2. The fraction of sp³-hybridized carbons (Fsp3) is 0.579. The highest BCUT2D eigenvalue weighted by molar-refractivity contribution is 5.83. The number of benzene rings is 1. The van der Waals surface area contributed by atoms with Crippen molar-refractivity contribution in [3.8, 4) is 0 Å². The van der Waals surface area contributed by atoms with Gasteiger partial charge in [-0.05, 0) is 18.4 Å². The molecule has 2 aliphatic rings. The highest BCUT2D eigenvalue weighted by Gasteiger charge is 2.32. The summed E-state index contributed by atoms with van der Waals surface area (Å²) in [6.45, 7) is 3.65. The first kappa shape index (κ1) is 17.9. The summed E-state index contributed by atoms with van der Waals surface area (Å²) in [6.07, 6.45) is 2.23. The van der Waals surface area contributed by atoms with Crippen molar-refractivity contribution < 1.29 is 9.59 Å². The fourth-order valence-corrected chi connectivity index (χ4v) is 3.27. The second-order valence-corrected chi connectivity index (χ2v) is 7.20. The van der Waals surface area contributed by atoms with Gasteiger partial charge in [-0.2, -0.15) is 0 Å². The Morgan fingerprint density at radius 3 is 2.32 bits per heavy atom. The molecule has 0 radical (unpaired) electrons. The molecule has 1 saturated carbocycles. The molecule has 1 heterocycles. The predicted octanol–water partition coefficient (Wildman–Crippen LogP) is 0.712. The number of nitrogens with one attached hydrogen (secondary N) is 1. The van der Waals surface area contributed by atoms with Crippen molar-refractivity contribution in [3.05, 3.63) is 35.9 Å². The van der Waals surface area contributed by atoms with Gasteiger partial charge >= 0.3 is 0 Å². The van der Waals surface area contributed by atoms with Crippen molar-refractivity contribution in [1.82, 2.24) is 20.0 Å². The second kappa shape index (κ2) is 7.97. The quantitative estimate of drug-likeness (QED) is 0.826. The Bertz CT molecular complexity index is 593. The Morgan fingerprint density at radius 2 is 1.76 bits per heavy atom. The Hall–Kier alpha value is -1.92. The zero-order valence-electron chi connectivity index (χ0n) is 15.1. The number of piperazine rings is 1. The van der Waals surface area contributed by atoms with Gasteiger partial charge < -0.3 is 10.2 Å². The van der Waals surface area contributed by atoms with Gasteiger partial charge in [0.2, 0.25) is 11.8 Å². The van der Waals surface area contributed by atoms with E-state index in [1.807, 2.05) is 30.3 Å². The molecule has 1 aromatic carbocycles. The van der Waals surface area contributed by atoms with Crippen LogP contribution in [0.4, 0.5) is 0 Å². The fourth-order valence-electron chi connectivity index (χ4n) is 3.27. The van der Waals surface area contributed by atoms with Crippen LogP contribution in [-0.2, 0) is 9.59 Å². The molecule has 6 heteroatoms. The van der Waals surface area contributed by atoms with Crippen LogP contribution in [0.3, 0.4) is 0 Å². The molecule has 2 amide bonds. The van der Waals surface area contributed by atoms with Gasteiger partial charge in [-0.25, -0.2) is 0 Å². The van der Waals surface area contributed by atoms with Crippen LogP contribution in [0.5, 0.6) is 0 Å². The van der Waals surface area contributed by atoms with Crippen LogP contribution < -0.4 is 5.32 Å². The van der Waals surface area contributed by atoms with Crippen LogP contribution >= 0.6 is 0 Å². The van der Waals surface area contributed by atoms with Gasteiger partial charge in [-0.1, -0.05) is 30.3 Å². The maximum atomic E-state index is 12.7. The van der Waals surface area contributed by atoms with Crippen LogP contribution in [0.15, 0.2) is 30.3 Å². The number of carbonyl (C=O) groups is 2. The zero-order valence-corrected chi connectivity index (χ0v) is 15.1. The van der Waals surface area contributed by atoms with Crippen molar-refractivity contribution in [3.63, 3.8) is 0 Å². The molecule has 1 unspecified atom stereocenters. The predicted molar refractivity (Wildman–Crippen MR) is 97.1 cm³/mol. The molecule has 3 rings (SSSR count). The molecule has 2 fully saturated rings. The van der Waals surface area contributed by atoms with E-state index < -0.39 is 0 Å². The molecule has 1 atom stereocenters. The third kappa shape index (κ3) is 4.80. The van der Waals surface area contributed by atoms with E-state index in [1.54, 1.807) is 19.0 Å². The second-order valence-electron chi connectivity index (χ2n) is 7.20. The van der Waals surface area contributed by atoms with Gasteiger partial charge in [-0.3, -0.25) is 19.4 Å². The molecule has 1 aliphatic carbocycles. The van der Waals surface area contributed by atoms with Gasteiger partial charge in [0.05, 0.1) is 6.54 Å². The van der Waals surface area contributed by atoms with Crippen LogP contribution in [0.25, 0.3) is 0 Å². The molecule has 1 saturated heterocycles. The molecular weight excluding hydrogens is 316 g/mol. The van der Waals surface area contributed by atoms with Gasteiger partial charge in [-0.15, -0.1) is 0 Å². The van der Waals surface area contributed by atoms with E-state index in [1.165, 1.54) is 0 Å². The van der Waals surface area contributed by atoms with E-state index in [0.29, 0.717) is 12.6 Å². The molecule has 0 bridgehead atoms. The summed E-state index contributed by atoms with van der Waals surface area (Å²) in [5, 5.41) is 3.04. The first-order valence-electron chi connectivity index (χ1n) is 9.06. The zero-order chi connectivity index (χ0) is 17.8. The third-order valence-electron chi connectivity index (χ3n) is 4.87. The molecule has 0 spiro atoms. The van der Waals surface area contributed by atoms with E-state index >= 15 is 0 Å². The van der Waals surface area contributed by atoms with Crippen LogP contribution in [-0.4, -0.2) is 79.4 Å². The van der Waals surface area contributed by atoms with Crippen molar-refractivity contribution in [2.24, 2.45) is 0 Å². The SMILES string of the molecule is CN(C)C(=O)C(c1ccccc1)N1CCN(CC(=O)NC2CC2)CC1. The van der Waals surface area contributed by atoms with Gasteiger partial charge in [0.15, 0.2) is 0 Å². The smallest absolute Gasteiger partial charge is 0.244 e. The summed E-state index contributed by atoms with van der Waals surface area (Å²) in [7, 11) is 3.60. The Morgan fingerprint density at radius 1 is 1.12 bits per heavy atom. The lowest BCUT2D eigenvalue weighted by molar-refractivity contribution is -0.136. The van der Waals surface area contributed by atoms with E-state index in [9.17, 15) is 9.59 Å². The summed E-state index contributed by atoms with van der Waals surface area (Å²) in [4.78, 5) is 30.8. The third-order valence-corrected chi connectivity index (χ3v) is 4.87. The topological polar surface area (TPSA) is 55.9 Å². The summed E-state index contributed by atoms with van der Waals surface area (Å²) in [6, 6.07) is 10.1. The number of rotatable bonds is 6. The lowest BCUT2D eigenvalue weighted by Crippen LogP contribution is -2.52. The first-order chi connectivity index (χ1) is 12.0. The summed E-state index contributed by atoms with van der Waals surface area (Å²) in [5.41, 5.74) is 1.03. The van der Waals surface area contributed by atoms with Crippen LogP contribution in [0.2, 0.25) is 0 Å². The monoisotopic (exact) mass is 344 g/mol. The largest absolute Gasteiger partial charge is 0.352 e. The maximum Gasteiger partial charge on any atom is 0.244 e. The lowest BCUT2D eigenvalue weighted by Gasteiger charge is -2.39. The Kier molecular flexibility index (Phi) is 5.71. The molecule has 6 nitrogen and oxygen atoms in total. The van der Waals surface area contributed by atoms with Crippen molar-refractivity contribution >= 4 is 11.8 Å². The van der Waals surface area contributed by atoms with E-state index in [4.69, 9.17) is 0 Å². The van der Waals surface area contributed by atoms with E-state index in [-0.39, 0.29) is 17.9 Å². The summed E-state index contributed by atoms with van der Waals surface area (Å²) < 4.78 is 0. The van der Waals surface area contributed by atoms with Gasteiger partial charge in [0.25, 0.3) is 0 Å². The van der Waals surface area contributed by atoms with Gasteiger partial charge in [0.1, 0.15) is 6.04 Å². The maximum absolute atomic E-state index is 12.7. The average molecular weight is 344 g/mol. The highest BCUT2D eigenvalue weighted by atomic mass is 16.2. The van der Waals surface area contributed by atoms with Crippen LogP contribution in [0, 0.1) is 0 Å². The van der Waals surface area contributed by atoms with E-state index in [0.717, 1.165) is 44.6 Å². The average Bonchev–Trinajstić information content (AvgIpc) is 3.41. The number of hydrogen-bond acceptors (Lipinski definition) is 4. The standard InChI is InChI=1S/C19H28N4O2/c1-21(2)19(25)18(15-6-4-3-5-7-15)23-12-10-22(11-13-23)14-17(24)20-16-8-9-16/h3-7,16,18H,8-14H2,1-2H3,(H,20,24). The normalized spacial score (nSPS) is 20.1. The minimum Gasteiger partial charge on any atom is -0.352 e. The number of nitrogens with zero attached hydrogens (tertiary/aromatic N) is 3. The Balaban J connectivity index is 1.59. The molecule has 0 aromatic heterocycles.